The summed E-state index contributed by atoms with van der Waals surface area (Å²) < 4.78 is 28.5. The quantitative estimate of drug-likeness (QED) is 0.785. The minimum Gasteiger partial charge on any atom is -0.289 e. The topological polar surface area (TPSA) is 63.2 Å². The molecule has 0 aromatic heterocycles. The molecule has 5 heteroatoms. The minimum absolute atomic E-state index is 0.0462. The van der Waals surface area contributed by atoms with Gasteiger partial charge in [-0.2, -0.15) is 0 Å². The van der Waals surface area contributed by atoms with Crippen LogP contribution in [0.2, 0.25) is 0 Å². The molecule has 2 fully saturated rings. The summed E-state index contributed by atoms with van der Waals surface area (Å²) >= 11 is 0. The van der Waals surface area contributed by atoms with Crippen LogP contribution in [0.3, 0.4) is 0 Å². The highest BCUT2D eigenvalue weighted by molar-refractivity contribution is 7.89. The molecule has 3 aliphatic rings. The molecule has 0 aliphatic heterocycles. The maximum Gasteiger partial charge on any atom is 0.240 e. The largest absolute Gasteiger partial charge is 0.289 e. The molecule has 4 nitrogen and oxygen atoms in total. The van der Waals surface area contributed by atoms with Crippen molar-refractivity contribution in [2.45, 2.75) is 36.6 Å². The van der Waals surface area contributed by atoms with Crippen molar-refractivity contribution in [1.82, 2.24) is 4.72 Å². The number of carbonyl (C=O) groups excluding carboxylic acids is 1. The Balaban J connectivity index is 1.49. The van der Waals surface area contributed by atoms with Crippen molar-refractivity contribution in [3.05, 3.63) is 53.6 Å². The Morgan fingerprint density at radius 1 is 0.880 bits per heavy atom. The molecule has 3 aliphatic carbocycles. The third kappa shape index (κ3) is 2.29. The van der Waals surface area contributed by atoms with E-state index < -0.39 is 10.0 Å². The average molecular weight is 353 g/mol. The van der Waals surface area contributed by atoms with Crippen LogP contribution in [0.15, 0.2) is 47.4 Å². The predicted octanol–water partition coefficient (Wildman–Crippen LogP) is 3.36. The van der Waals surface area contributed by atoms with Gasteiger partial charge in [0.2, 0.25) is 10.0 Å². The van der Waals surface area contributed by atoms with E-state index in [1.54, 1.807) is 18.2 Å². The standard InChI is InChI=1S/C20H19NO3S/c22-20-17-4-2-1-3-15(17)16-8-7-14(11-18(16)20)25(23,24)21-19-10-12-5-6-13(19)9-12/h1-4,7-8,11-13,19,21H,5-6,9-10H2. The van der Waals surface area contributed by atoms with E-state index in [-0.39, 0.29) is 16.7 Å². The first kappa shape index (κ1) is 15.3. The summed E-state index contributed by atoms with van der Waals surface area (Å²) in [6.45, 7) is 0. The number of nitrogens with one attached hydrogen (secondary N) is 1. The van der Waals surface area contributed by atoms with E-state index in [1.165, 1.54) is 12.5 Å². The van der Waals surface area contributed by atoms with Crippen molar-refractivity contribution in [2.24, 2.45) is 11.8 Å². The van der Waals surface area contributed by atoms with Gasteiger partial charge in [0, 0.05) is 17.2 Å². The van der Waals surface area contributed by atoms with Crippen molar-refractivity contribution in [1.29, 1.82) is 0 Å². The van der Waals surface area contributed by atoms with Crippen LogP contribution < -0.4 is 4.72 Å². The summed E-state index contributed by atoms with van der Waals surface area (Å²) in [6, 6.07) is 12.4. The fraction of sp³-hybridized carbons (Fsp3) is 0.350. The summed E-state index contributed by atoms with van der Waals surface area (Å²) in [4.78, 5) is 12.8. The van der Waals surface area contributed by atoms with Gasteiger partial charge in [0.15, 0.2) is 5.78 Å². The molecule has 0 saturated heterocycles. The number of sulfonamides is 1. The first-order valence-electron chi connectivity index (χ1n) is 8.83. The molecule has 2 aromatic rings. The van der Waals surface area contributed by atoms with E-state index >= 15 is 0 Å². The number of carbonyl (C=O) groups is 1. The highest BCUT2D eigenvalue weighted by Crippen LogP contribution is 2.45. The van der Waals surface area contributed by atoms with Gasteiger partial charge >= 0.3 is 0 Å². The Morgan fingerprint density at radius 2 is 1.64 bits per heavy atom. The van der Waals surface area contributed by atoms with Gasteiger partial charge in [0.25, 0.3) is 0 Å². The molecule has 3 atom stereocenters. The molecule has 25 heavy (non-hydrogen) atoms. The summed E-state index contributed by atoms with van der Waals surface area (Å²) in [5, 5.41) is 0. The van der Waals surface area contributed by atoms with Crippen molar-refractivity contribution in [2.75, 3.05) is 0 Å². The van der Waals surface area contributed by atoms with E-state index in [9.17, 15) is 13.2 Å². The van der Waals surface area contributed by atoms with Crippen LogP contribution in [0.5, 0.6) is 0 Å². The van der Waals surface area contributed by atoms with Crippen LogP contribution >= 0.6 is 0 Å². The molecular weight excluding hydrogens is 334 g/mol. The molecule has 2 saturated carbocycles. The number of benzene rings is 2. The summed E-state index contributed by atoms with van der Waals surface area (Å²) in [7, 11) is -3.60. The molecule has 0 spiro atoms. The van der Waals surface area contributed by atoms with Gasteiger partial charge in [-0.15, -0.1) is 0 Å². The molecule has 0 heterocycles. The molecule has 5 rings (SSSR count). The highest BCUT2D eigenvalue weighted by Gasteiger charge is 2.41. The maximum atomic E-state index is 12.8. The van der Waals surface area contributed by atoms with Crippen LogP contribution in [0, 0.1) is 11.8 Å². The van der Waals surface area contributed by atoms with E-state index in [0.717, 1.165) is 30.4 Å². The molecule has 3 unspecified atom stereocenters. The smallest absolute Gasteiger partial charge is 0.240 e. The predicted molar refractivity (Wildman–Crippen MR) is 94.9 cm³/mol. The maximum absolute atomic E-state index is 12.8. The van der Waals surface area contributed by atoms with E-state index in [0.29, 0.717) is 23.0 Å². The second kappa shape index (κ2) is 5.26. The van der Waals surface area contributed by atoms with Gasteiger partial charge < -0.3 is 0 Å². The molecule has 2 bridgehead atoms. The van der Waals surface area contributed by atoms with E-state index in [2.05, 4.69) is 4.72 Å². The van der Waals surface area contributed by atoms with Gasteiger partial charge in [-0.3, -0.25) is 4.79 Å². The van der Waals surface area contributed by atoms with Gasteiger partial charge in [0.05, 0.1) is 4.90 Å². The lowest BCUT2D eigenvalue weighted by molar-refractivity contribution is 0.104. The number of hydrogen-bond acceptors (Lipinski definition) is 3. The van der Waals surface area contributed by atoms with Crippen LogP contribution in [0.25, 0.3) is 11.1 Å². The molecule has 1 N–H and O–H groups in total. The Labute approximate surface area is 147 Å². The van der Waals surface area contributed by atoms with E-state index in [4.69, 9.17) is 0 Å². The summed E-state index contributed by atoms with van der Waals surface area (Å²) in [5.74, 6) is 1.05. The van der Waals surface area contributed by atoms with Gasteiger partial charge in [-0.05, 0) is 54.4 Å². The molecule has 2 aromatic carbocycles. The van der Waals surface area contributed by atoms with Crippen molar-refractivity contribution < 1.29 is 13.2 Å². The van der Waals surface area contributed by atoms with Crippen molar-refractivity contribution in [3.63, 3.8) is 0 Å². The van der Waals surface area contributed by atoms with Crippen LogP contribution in [0.4, 0.5) is 0 Å². The molecular formula is C20H19NO3S. The Morgan fingerprint density at radius 3 is 2.36 bits per heavy atom. The number of fused-ring (bicyclic) bond motifs is 5. The number of rotatable bonds is 3. The zero-order valence-corrected chi connectivity index (χ0v) is 14.6. The fourth-order valence-electron chi connectivity index (χ4n) is 4.83. The Kier molecular flexibility index (Phi) is 3.21. The first-order chi connectivity index (χ1) is 12.0. The Hall–Kier alpha value is -1.98. The third-order valence-electron chi connectivity index (χ3n) is 6.05. The average Bonchev–Trinajstić information content (AvgIpc) is 3.29. The lowest BCUT2D eigenvalue weighted by Gasteiger charge is -2.22. The summed E-state index contributed by atoms with van der Waals surface area (Å²) in [6.07, 6.45) is 4.44. The van der Waals surface area contributed by atoms with Crippen LogP contribution in [0.1, 0.15) is 41.6 Å². The molecule has 0 radical (unpaired) electrons. The van der Waals surface area contributed by atoms with Crippen molar-refractivity contribution in [3.8, 4) is 11.1 Å². The monoisotopic (exact) mass is 353 g/mol. The third-order valence-corrected chi connectivity index (χ3v) is 7.54. The number of hydrogen-bond donors (Lipinski definition) is 1. The van der Waals surface area contributed by atoms with Crippen LogP contribution in [-0.2, 0) is 10.0 Å². The zero-order chi connectivity index (χ0) is 17.2. The van der Waals surface area contributed by atoms with E-state index in [1.807, 2.05) is 18.2 Å². The molecule has 0 amide bonds. The second-order valence-corrected chi connectivity index (χ2v) is 9.20. The number of ketones is 1. The van der Waals surface area contributed by atoms with Gasteiger partial charge in [-0.1, -0.05) is 36.8 Å². The van der Waals surface area contributed by atoms with Crippen molar-refractivity contribution >= 4 is 15.8 Å². The second-order valence-electron chi connectivity index (χ2n) is 7.48. The van der Waals surface area contributed by atoms with Crippen LogP contribution in [-0.4, -0.2) is 20.2 Å². The lowest BCUT2D eigenvalue weighted by Crippen LogP contribution is -2.38. The highest BCUT2D eigenvalue weighted by atomic mass is 32.2. The summed E-state index contributed by atoms with van der Waals surface area (Å²) in [5.41, 5.74) is 2.83. The van der Waals surface area contributed by atoms with Gasteiger partial charge in [-0.25, -0.2) is 13.1 Å². The Bertz CT molecular complexity index is 996. The fourth-order valence-corrected chi connectivity index (χ4v) is 6.17. The normalized spacial score (nSPS) is 26.7. The SMILES string of the molecule is O=C1c2ccccc2-c2ccc(S(=O)(=O)NC3CC4CCC3C4)cc21. The zero-order valence-electron chi connectivity index (χ0n) is 13.7. The molecule has 128 valence electrons. The van der Waals surface area contributed by atoms with Gasteiger partial charge in [0.1, 0.15) is 0 Å². The minimum atomic E-state index is -3.60. The first-order valence-corrected chi connectivity index (χ1v) is 10.3. The lowest BCUT2D eigenvalue weighted by atomic mass is 9.96.